The van der Waals surface area contributed by atoms with Crippen molar-refractivity contribution in [2.45, 2.75) is 50.1 Å². The fourth-order valence-corrected chi connectivity index (χ4v) is 4.69. The third kappa shape index (κ3) is 5.14. The van der Waals surface area contributed by atoms with Crippen LogP contribution in [0.2, 0.25) is 0 Å². The zero-order valence-electron chi connectivity index (χ0n) is 16.0. The van der Waals surface area contributed by atoms with Crippen molar-refractivity contribution in [1.82, 2.24) is 9.62 Å². The number of hydrogen-bond donors (Lipinski definition) is 1. The predicted octanol–water partition coefficient (Wildman–Crippen LogP) is 2.93. The second-order valence-electron chi connectivity index (χ2n) is 6.81. The van der Waals surface area contributed by atoms with E-state index in [0.29, 0.717) is 18.1 Å². The highest BCUT2D eigenvalue weighted by Crippen LogP contribution is 2.22. The Morgan fingerprint density at radius 1 is 1.21 bits per heavy atom. The zero-order chi connectivity index (χ0) is 20.0. The molecular formula is C20H26N2O5S. The van der Waals surface area contributed by atoms with Gasteiger partial charge in [-0.05, 0) is 56.2 Å². The van der Waals surface area contributed by atoms with E-state index in [0.717, 1.165) is 30.0 Å². The van der Waals surface area contributed by atoms with E-state index in [-0.39, 0.29) is 29.9 Å². The van der Waals surface area contributed by atoms with Crippen LogP contribution in [0.25, 0.3) is 0 Å². The highest BCUT2D eigenvalue weighted by molar-refractivity contribution is 7.89. The summed E-state index contributed by atoms with van der Waals surface area (Å²) in [5.41, 5.74) is 0. The molecule has 1 N–H and O–H groups in total. The number of hydrogen-bond acceptors (Lipinski definition) is 5. The Bertz CT molecular complexity index is 857. The first-order valence-corrected chi connectivity index (χ1v) is 11.0. The Kier molecular flexibility index (Phi) is 6.74. The molecule has 3 rings (SSSR count). The average Bonchev–Trinajstić information content (AvgIpc) is 3.36. The Balaban J connectivity index is 1.78. The van der Waals surface area contributed by atoms with Gasteiger partial charge in [-0.25, -0.2) is 8.42 Å². The van der Waals surface area contributed by atoms with Crippen molar-refractivity contribution >= 4 is 15.9 Å². The van der Waals surface area contributed by atoms with Crippen molar-refractivity contribution in [3.05, 3.63) is 48.4 Å². The van der Waals surface area contributed by atoms with Crippen LogP contribution >= 0.6 is 0 Å². The first kappa shape index (κ1) is 20.4. The zero-order valence-corrected chi connectivity index (χ0v) is 16.8. The molecule has 0 radical (unpaired) electrons. The molecule has 0 bridgehead atoms. The standard InChI is InChI=1S/C20H26N2O5S/c1-2-26-17-9-11-19(12-10-17)28(24,25)22(14-18-8-5-13-27-18)15-20(23)21-16-6-3-4-7-16/h5,8-13,16H,2-4,6-7,14-15H2,1H3,(H,21,23). The van der Waals surface area contributed by atoms with Crippen molar-refractivity contribution < 1.29 is 22.4 Å². The number of nitrogens with one attached hydrogen (secondary N) is 1. The second kappa shape index (κ2) is 9.25. The molecule has 1 fully saturated rings. The number of carbonyl (C=O) groups excluding carboxylic acids is 1. The van der Waals surface area contributed by atoms with Gasteiger partial charge in [-0.1, -0.05) is 12.8 Å². The lowest BCUT2D eigenvalue weighted by molar-refractivity contribution is -0.122. The maximum atomic E-state index is 13.2. The van der Waals surface area contributed by atoms with Gasteiger partial charge in [0.25, 0.3) is 0 Å². The number of ether oxygens (including phenoxy) is 1. The molecule has 0 atom stereocenters. The van der Waals surface area contributed by atoms with E-state index < -0.39 is 10.0 Å². The molecule has 1 heterocycles. The van der Waals surface area contributed by atoms with E-state index in [1.807, 2.05) is 6.92 Å². The van der Waals surface area contributed by atoms with Gasteiger partial charge in [-0.2, -0.15) is 4.31 Å². The molecule has 1 saturated carbocycles. The molecule has 152 valence electrons. The molecular weight excluding hydrogens is 380 g/mol. The molecule has 8 heteroatoms. The van der Waals surface area contributed by atoms with E-state index in [1.165, 1.54) is 18.4 Å². The number of amides is 1. The van der Waals surface area contributed by atoms with Crippen molar-refractivity contribution in [3.63, 3.8) is 0 Å². The molecule has 28 heavy (non-hydrogen) atoms. The van der Waals surface area contributed by atoms with Crippen LogP contribution in [0.15, 0.2) is 52.0 Å². The number of sulfonamides is 1. The maximum Gasteiger partial charge on any atom is 0.243 e. The number of rotatable bonds is 9. The smallest absolute Gasteiger partial charge is 0.243 e. The first-order chi connectivity index (χ1) is 13.5. The number of benzene rings is 1. The summed E-state index contributed by atoms with van der Waals surface area (Å²) < 4.78 is 38.1. The van der Waals surface area contributed by atoms with Gasteiger partial charge in [-0.3, -0.25) is 4.79 Å². The molecule has 0 unspecified atom stereocenters. The minimum absolute atomic E-state index is 0.0133. The van der Waals surface area contributed by atoms with E-state index in [1.54, 1.807) is 24.3 Å². The van der Waals surface area contributed by atoms with Gasteiger partial charge in [0.1, 0.15) is 11.5 Å². The molecule has 0 aliphatic heterocycles. The normalized spacial score (nSPS) is 15.1. The van der Waals surface area contributed by atoms with E-state index in [2.05, 4.69) is 5.32 Å². The highest BCUT2D eigenvalue weighted by Gasteiger charge is 2.29. The number of furan rings is 1. The first-order valence-electron chi connectivity index (χ1n) is 9.54. The largest absolute Gasteiger partial charge is 0.494 e. The highest BCUT2D eigenvalue weighted by atomic mass is 32.2. The van der Waals surface area contributed by atoms with Gasteiger partial charge in [0.15, 0.2) is 0 Å². The summed E-state index contributed by atoms with van der Waals surface area (Å²) in [6.07, 6.45) is 5.54. The molecule has 0 spiro atoms. The third-order valence-corrected chi connectivity index (χ3v) is 6.53. The summed E-state index contributed by atoms with van der Waals surface area (Å²) in [5, 5.41) is 2.94. The van der Waals surface area contributed by atoms with Crippen LogP contribution in [0, 0.1) is 0 Å². The minimum Gasteiger partial charge on any atom is -0.494 e. The lowest BCUT2D eigenvalue weighted by Crippen LogP contribution is -2.43. The molecule has 2 aromatic rings. The van der Waals surface area contributed by atoms with Crippen LogP contribution in [0.3, 0.4) is 0 Å². The quantitative estimate of drug-likeness (QED) is 0.692. The van der Waals surface area contributed by atoms with Gasteiger partial charge >= 0.3 is 0 Å². The van der Waals surface area contributed by atoms with Gasteiger partial charge in [-0.15, -0.1) is 0 Å². The molecule has 1 aliphatic carbocycles. The lowest BCUT2D eigenvalue weighted by atomic mass is 10.2. The SMILES string of the molecule is CCOc1ccc(S(=O)(=O)N(CC(=O)NC2CCCC2)Cc2ccco2)cc1. The Hall–Kier alpha value is -2.32. The maximum absolute atomic E-state index is 13.2. The van der Waals surface area contributed by atoms with Gasteiger partial charge in [0.05, 0.1) is 30.9 Å². The van der Waals surface area contributed by atoms with Gasteiger partial charge in [0.2, 0.25) is 15.9 Å². The second-order valence-corrected chi connectivity index (χ2v) is 8.74. The molecule has 7 nitrogen and oxygen atoms in total. The molecule has 1 aromatic carbocycles. The van der Waals surface area contributed by atoms with Gasteiger partial charge < -0.3 is 14.5 Å². The Morgan fingerprint density at radius 3 is 2.54 bits per heavy atom. The topological polar surface area (TPSA) is 88.9 Å². The van der Waals surface area contributed by atoms with E-state index in [9.17, 15) is 13.2 Å². The van der Waals surface area contributed by atoms with Crippen LogP contribution in [-0.4, -0.2) is 37.8 Å². The molecule has 0 saturated heterocycles. The Labute approximate surface area is 165 Å². The molecule has 1 aliphatic rings. The number of carbonyl (C=O) groups is 1. The van der Waals surface area contributed by atoms with Crippen LogP contribution in [0.1, 0.15) is 38.4 Å². The van der Waals surface area contributed by atoms with E-state index >= 15 is 0 Å². The summed E-state index contributed by atoms with van der Waals surface area (Å²) in [6.45, 7) is 2.09. The summed E-state index contributed by atoms with van der Waals surface area (Å²) in [5.74, 6) is 0.772. The number of nitrogens with zero attached hydrogens (tertiary/aromatic N) is 1. The van der Waals surface area contributed by atoms with Crippen LogP contribution < -0.4 is 10.1 Å². The monoisotopic (exact) mass is 406 g/mol. The third-order valence-electron chi connectivity index (χ3n) is 4.73. The van der Waals surface area contributed by atoms with E-state index in [4.69, 9.17) is 9.15 Å². The van der Waals surface area contributed by atoms with Crippen molar-refractivity contribution in [2.75, 3.05) is 13.2 Å². The molecule has 1 amide bonds. The minimum atomic E-state index is -3.88. The summed E-state index contributed by atoms with van der Waals surface area (Å²) in [4.78, 5) is 12.6. The van der Waals surface area contributed by atoms with Crippen molar-refractivity contribution in [2.24, 2.45) is 0 Å². The van der Waals surface area contributed by atoms with Crippen LogP contribution in [0.4, 0.5) is 0 Å². The van der Waals surface area contributed by atoms with Crippen molar-refractivity contribution in [1.29, 1.82) is 0 Å². The summed E-state index contributed by atoms with van der Waals surface area (Å²) in [6, 6.07) is 9.71. The van der Waals surface area contributed by atoms with Crippen LogP contribution in [0.5, 0.6) is 5.75 Å². The fraction of sp³-hybridized carbons (Fsp3) is 0.450. The predicted molar refractivity (Wildman–Crippen MR) is 104 cm³/mol. The van der Waals surface area contributed by atoms with Crippen LogP contribution in [-0.2, 0) is 21.4 Å². The summed E-state index contributed by atoms with van der Waals surface area (Å²) >= 11 is 0. The average molecular weight is 407 g/mol. The van der Waals surface area contributed by atoms with Gasteiger partial charge in [0, 0.05) is 6.04 Å². The fourth-order valence-electron chi connectivity index (χ4n) is 3.33. The molecule has 1 aromatic heterocycles. The summed E-state index contributed by atoms with van der Waals surface area (Å²) in [7, 11) is -3.88. The van der Waals surface area contributed by atoms with Crippen molar-refractivity contribution in [3.8, 4) is 5.75 Å². The Morgan fingerprint density at radius 2 is 1.93 bits per heavy atom. The lowest BCUT2D eigenvalue weighted by Gasteiger charge is -2.22.